The number of halogens is 1. The van der Waals surface area contributed by atoms with E-state index in [9.17, 15) is 19.1 Å². The Bertz CT molecular complexity index is 1150. The number of aliphatic hydroxyl groups is 1. The third-order valence-corrected chi connectivity index (χ3v) is 6.82. The fourth-order valence-electron chi connectivity index (χ4n) is 3.79. The number of hydrogen-bond donors (Lipinski definition) is 1. The van der Waals surface area contributed by atoms with Crippen LogP contribution < -0.4 is 5.56 Å². The number of benzene rings is 1. The Balaban J connectivity index is 1.50. The van der Waals surface area contributed by atoms with Crippen molar-refractivity contribution in [3.05, 3.63) is 62.8 Å². The van der Waals surface area contributed by atoms with Crippen molar-refractivity contribution < 1.29 is 14.3 Å². The highest BCUT2D eigenvalue weighted by Gasteiger charge is 2.35. The zero-order valence-corrected chi connectivity index (χ0v) is 17.1. The van der Waals surface area contributed by atoms with Crippen molar-refractivity contribution in [3.8, 4) is 0 Å². The molecule has 4 rings (SSSR count). The number of piperidine rings is 1. The predicted molar refractivity (Wildman–Crippen MR) is 110 cm³/mol. The summed E-state index contributed by atoms with van der Waals surface area (Å²) in [6.07, 6.45) is 2.09. The number of nitrogens with zero attached hydrogens (tertiary/aromatic N) is 3. The summed E-state index contributed by atoms with van der Waals surface area (Å²) in [5.41, 5.74) is -0.319. The number of hydrogen-bond acceptors (Lipinski definition) is 5. The van der Waals surface area contributed by atoms with Crippen molar-refractivity contribution in [2.75, 3.05) is 13.1 Å². The monoisotopic (exact) mass is 415 g/mol. The summed E-state index contributed by atoms with van der Waals surface area (Å²) in [6.45, 7) is 4.57. The van der Waals surface area contributed by atoms with Crippen LogP contribution in [0.25, 0.3) is 10.2 Å². The summed E-state index contributed by atoms with van der Waals surface area (Å²) in [5, 5.41) is 11.6. The Labute approximate surface area is 171 Å². The SMILES string of the molecule is Cc1sc2ncn(CC3(O)CCN(C(=O)c4ccccc4F)CC3)c(=O)c2c1C. The molecule has 6 nitrogen and oxygen atoms in total. The maximum Gasteiger partial charge on any atom is 0.262 e. The highest BCUT2D eigenvalue weighted by molar-refractivity contribution is 7.18. The molecule has 0 spiro atoms. The topological polar surface area (TPSA) is 75.4 Å². The number of amides is 1. The number of rotatable bonds is 3. The lowest BCUT2D eigenvalue weighted by Gasteiger charge is -2.38. The van der Waals surface area contributed by atoms with E-state index in [4.69, 9.17) is 0 Å². The molecule has 0 bridgehead atoms. The van der Waals surface area contributed by atoms with Gasteiger partial charge in [0.2, 0.25) is 0 Å². The van der Waals surface area contributed by atoms with E-state index in [1.807, 2.05) is 13.8 Å². The molecule has 1 N–H and O–H groups in total. The molecule has 1 aromatic carbocycles. The first-order valence-electron chi connectivity index (χ1n) is 9.50. The zero-order valence-electron chi connectivity index (χ0n) is 16.3. The van der Waals surface area contributed by atoms with E-state index in [1.165, 1.54) is 34.4 Å². The summed E-state index contributed by atoms with van der Waals surface area (Å²) in [4.78, 5) is 33.1. The molecule has 2 aromatic heterocycles. The molecule has 0 aliphatic carbocycles. The van der Waals surface area contributed by atoms with Crippen LogP contribution in [0.4, 0.5) is 4.39 Å². The molecule has 1 aliphatic rings. The van der Waals surface area contributed by atoms with Gasteiger partial charge in [-0.2, -0.15) is 0 Å². The normalized spacial score (nSPS) is 16.3. The Morgan fingerprint density at radius 2 is 1.97 bits per heavy atom. The third kappa shape index (κ3) is 3.58. The van der Waals surface area contributed by atoms with Crippen LogP contribution in [0.2, 0.25) is 0 Å². The quantitative estimate of drug-likeness (QED) is 0.714. The van der Waals surface area contributed by atoms with Crippen LogP contribution in [-0.4, -0.2) is 44.2 Å². The van der Waals surface area contributed by atoms with Gasteiger partial charge in [-0.05, 0) is 44.4 Å². The van der Waals surface area contributed by atoms with E-state index >= 15 is 0 Å². The molecule has 1 saturated heterocycles. The summed E-state index contributed by atoms with van der Waals surface area (Å²) < 4.78 is 15.4. The molecule has 0 saturated carbocycles. The second kappa shape index (κ2) is 7.35. The van der Waals surface area contributed by atoms with E-state index < -0.39 is 11.4 Å². The molecular weight excluding hydrogens is 393 g/mol. The maximum atomic E-state index is 13.9. The average molecular weight is 415 g/mol. The first kappa shape index (κ1) is 19.7. The summed E-state index contributed by atoms with van der Waals surface area (Å²) in [7, 11) is 0. The Kier molecular flexibility index (Phi) is 5.00. The van der Waals surface area contributed by atoms with Crippen LogP contribution in [0.3, 0.4) is 0 Å². The Hall–Kier alpha value is -2.58. The second-order valence-electron chi connectivity index (χ2n) is 7.64. The second-order valence-corrected chi connectivity index (χ2v) is 8.84. The van der Waals surface area contributed by atoms with E-state index in [-0.39, 0.29) is 23.6 Å². The first-order chi connectivity index (χ1) is 13.8. The molecule has 3 heterocycles. The lowest BCUT2D eigenvalue weighted by atomic mass is 9.91. The van der Waals surface area contributed by atoms with Gasteiger partial charge in [0.25, 0.3) is 11.5 Å². The molecule has 0 radical (unpaired) electrons. The summed E-state index contributed by atoms with van der Waals surface area (Å²) >= 11 is 1.49. The Morgan fingerprint density at radius 1 is 1.28 bits per heavy atom. The fourth-order valence-corrected chi connectivity index (χ4v) is 4.78. The number of fused-ring (bicyclic) bond motifs is 1. The van der Waals surface area contributed by atoms with Crippen LogP contribution in [0.1, 0.15) is 33.6 Å². The van der Waals surface area contributed by atoms with Crippen molar-refractivity contribution in [1.82, 2.24) is 14.5 Å². The van der Waals surface area contributed by atoms with Gasteiger partial charge in [-0.25, -0.2) is 9.37 Å². The highest BCUT2D eigenvalue weighted by atomic mass is 32.1. The molecule has 0 unspecified atom stereocenters. The minimum atomic E-state index is -1.12. The van der Waals surface area contributed by atoms with Gasteiger partial charge in [0.1, 0.15) is 10.6 Å². The zero-order chi connectivity index (χ0) is 20.8. The van der Waals surface area contributed by atoms with Gasteiger partial charge < -0.3 is 10.0 Å². The van der Waals surface area contributed by atoms with Crippen LogP contribution in [0.5, 0.6) is 0 Å². The molecule has 29 heavy (non-hydrogen) atoms. The smallest absolute Gasteiger partial charge is 0.262 e. The van der Waals surface area contributed by atoms with Gasteiger partial charge in [-0.1, -0.05) is 12.1 Å². The van der Waals surface area contributed by atoms with Gasteiger partial charge in [0.15, 0.2) is 0 Å². The minimum Gasteiger partial charge on any atom is -0.388 e. The van der Waals surface area contributed by atoms with Crippen molar-refractivity contribution in [2.45, 2.75) is 38.8 Å². The van der Waals surface area contributed by atoms with E-state index in [1.54, 1.807) is 17.0 Å². The van der Waals surface area contributed by atoms with E-state index in [2.05, 4.69) is 4.98 Å². The Morgan fingerprint density at radius 3 is 2.66 bits per heavy atom. The van der Waals surface area contributed by atoms with Gasteiger partial charge in [0, 0.05) is 18.0 Å². The van der Waals surface area contributed by atoms with Crippen LogP contribution in [0.15, 0.2) is 35.4 Å². The lowest BCUT2D eigenvalue weighted by Crippen LogP contribution is -2.49. The number of likely N-dealkylation sites (tertiary alicyclic amines) is 1. The largest absolute Gasteiger partial charge is 0.388 e. The van der Waals surface area contributed by atoms with Crippen molar-refractivity contribution in [3.63, 3.8) is 0 Å². The molecule has 1 amide bonds. The molecule has 1 aliphatic heterocycles. The summed E-state index contributed by atoms with van der Waals surface area (Å²) in [5.74, 6) is -0.930. The van der Waals surface area contributed by atoms with Gasteiger partial charge in [-0.15, -0.1) is 11.3 Å². The van der Waals surface area contributed by atoms with E-state index in [0.717, 1.165) is 10.4 Å². The molecule has 1 fully saturated rings. The average Bonchev–Trinajstić information content (AvgIpc) is 2.99. The standard InChI is InChI=1S/C21H22FN3O3S/c1-13-14(2)29-18-17(13)20(27)25(12-23-18)11-21(28)7-9-24(10-8-21)19(26)15-5-3-4-6-16(15)22/h3-6,12,28H,7-11H2,1-2H3. The van der Waals surface area contributed by atoms with Gasteiger partial charge in [0.05, 0.1) is 29.4 Å². The first-order valence-corrected chi connectivity index (χ1v) is 10.3. The van der Waals surface area contributed by atoms with Crippen LogP contribution in [0, 0.1) is 19.7 Å². The molecule has 0 atom stereocenters. The molecule has 152 valence electrons. The summed E-state index contributed by atoms with van der Waals surface area (Å²) in [6, 6.07) is 5.89. The minimum absolute atomic E-state index is 0.0344. The van der Waals surface area contributed by atoms with Crippen LogP contribution >= 0.6 is 11.3 Å². The maximum absolute atomic E-state index is 13.9. The van der Waals surface area contributed by atoms with Gasteiger partial charge >= 0.3 is 0 Å². The number of aromatic nitrogens is 2. The highest BCUT2D eigenvalue weighted by Crippen LogP contribution is 2.28. The van der Waals surface area contributed by atoms with E-state index in [0.29, 0.717) is 36.1 Å². The third-order valence-electron chi connectivity index (χ3n) is 5.71. The molecular formula is C21H22FN3O3S. The molecule has 8 heteroatoms. The van der Waals surface area contributed by atoms with Crippen molar-refractivity contribution in [2.24, 2.45) is 0 Å². The van der Waals surface area contributed by atoms with Crippen molar-refractivity contribution >= 4 is 27.5 Å². The van der Waals surface area contributed by atoms with Crippen LogP contribution in [-0.2, 0) is 6.54 Å². The number of aryl methyl sites for hydroxylation is 2. The molecule has 3 aromatic rings. The number of carbonyl (C=O) groups is 1. The van der Waals surface area contributed by atoms with Gasteiger partial charge in [-0.3, -0.25) is 14.2 Å². The number of carbonyl (C=O) groups excluding carboxylic acids is 1. The predicted octanol–water partition coefficient (Wildman–Crippen LogP) is 2.88. The lowest BCUT2D eigenvalue weighted by molar-refractivity contribution is -0.0300. The van der Waals surface area contributed by atoms with Crippen molar-refractivity contribution in [1.29, 1.82) is 0 Å². The number of thiophene rings is 1. The fraction of sp³-hybridized carbons (Fsp3) is 0.381.